The lowest BCUT2D eigenvalue weighted by Crippen LogP contribution is -2.32. The Morgan fingerprint density at radius 2 is 1.70 bits per heavy atom. The van der Waals surface area contributed by atoms with E-state index in [1.54, 1.807) is 53.7 Å². The summed E-state index contributed by atoms with van der Waals surface area (Å²) in [7, 11) is 0. The molecular weight excluding hydrogens is 395 g/mol. The zero-order chi connectivity index (χ0) is 21.1. The average molecular weight is 413 g/mol. The molecule has 1 aromatic heterocycles. The topological polar surface area (TPSA) is 55.3 Å². The van der Waals surface area contributed by atoms with Crippen LogP contribution in [-0.4, -0.2) is 40.1 Å². The lowest BCUT2D eigenvalue weighted by atomic mass is 10.00. The van der Waals surface area contributed by atoms with E-state index in [-0.39, 0.29) is 18.0 Å². The van der Waals surface area contributed by atoms with Crippen molar-refractivity contribution in [1.82, 2.24) is 14.9 Å². The second kappa shape index (κ2) is 8.14. The van der Waals surface area contributed by atoms with E-state index in [1.807, 2.05) is 0 Å². The summed E-state index contributed by atoms with van der Waals surface area (Å²) in [5.74, 6) is 0.810. The zero-order valence-electron chi connectivity index (χ0n) is 15.9. The summed E-state index contributed by atoms with van der Waals surface area (Å²) < 4.78 is 43.4. The van der Waals surface area contributed by atoms with Gasteiger partial charge < -0.3 is 9.64 Å². The molecule has 8 heteroatoms. The summed E-state index contributed by atoms with van der Waals surface area (Å²) >= 11 is 0. The first-order chi connectivity index (χ1) is 14.4. The number of ether oxygens (including phenoxy) is 1. The molecule has 0 N–H and O–H groups in total. The molecule has 3 aromatic rings. The third-order valence-electron chi connectivity index (χ3n) is 4.76. The van der Waals surface area contributed by atoms with Crippen molar-refractivity contribution in [1.29, 1.82) is 0 Å². The van der Waals surface area contributed by atoms with Gasteiger partial charge in [0, 0.05) is 12.4 Å². The molecule has 1 aliphatic rings. The van der Waals surface area contributed by atoms with Crippen molar-refractivity contribution in [3.05, 3.63) is 77.9 Å². The van der Waals surface area contributed by atoms with Gasteiger partial charge >= 0.3 is 6.18 Å². The van der Waals surface area contributed by atoms with Crippen LogP contribution in [0.2, 0.25) is 0 Å². The van der Waals surface area contributed by atoms with E-state index >= 15 is 0 Å². The van der Waals surface area contributed by atoms with E-state index in [9.17, 15) is 18.0 Å². The van der Waals surface area contributed by atoms with Crippen molar-refractivity contribution in [2.24, 2.45) is 0 Å². The highest BCUT2D eigenvalue weighted by Crippen LogP contribution is 2.30. The third-order valence-corrected chi connectivity index (χ3v) is 4.76. The number of benzene rings is 2. The molecular formula is C22H18F3N3O2. The Hall–Kier alpha value is -3.42. The Morgan fingerprint density at radius 3 is 2.40 bits per heavy atom. The van der Waals surface area contributed by atoms with E-state index in [2.05, 4.69) is 9.97 Å². The van der Waals surface area contributed by atoms with Gasteiger partial charge in [-0.05, 0) is 34.9 Å². The molecule has 0 saturated heterocycles. The fourth-order valence-electron chi connectivity index (χ4n) is 3.32. The predicted octanol–water partition coefficient (Wildman–Crippen LogP) is 4.28. The second-order valence-corrected chi connectivity index (χ2v) is 6.94. The lowest BCUT2D eigenvalue weighted by molar-refractivity contribution is -0.127. The van der Waals surface area contributed by atoms with Gasteiger partial charge in [0.2, 0.25) is 0 Å². The Balaban J connectivity index is 1.59. The summed E-state index contributed by atoms with van der Waals surface area (Å²) in [5.41, 5.74) is 2.04. The molecule has 5 nitrogen and oxygen atoms in total. The SMILES string of the molecule is O=C1c2cc(-c3ccc(CC(F)(F)F)cc3)ccc2OCCN1Cc1ncccn1. The maximum absolute atomic E-state index is 13.1. The summed E-state index contributed by atoms with van der Waals surface area (Å²) in [6.07, 6.45) is -1.98. The van der Waals surface area contributed by atoms with Crippen molar-refractivity contribution in [2.75, 3.05) is 13.2 Å². The van der Waals surface area contributed by atoms with Gasteiger partial charge in [0.25, 0.3) is 5.91 Å². The van der Waals surface area contributed by atoms with Crippen LogP contribution in [-0.2, 0) is 13.0 Å². The molecule has 1 amide bonds. The van der Waals surface area contributed by atoms with Crippen molar-refractivity contribution < 1.29 is 22.7 Å². The van der Waals surface area contributed by atoms with E-state index in [4.69, 9.17) is 4.74 Å². The summed E-state index contributed by atoms with van der Waals surface area (Å²) in [6, 6.07) is 13.1. The molecule has 30 heavy (non-hydrogen) atoms. The average Bonchev–Trinajstić information content (AvgIpc) is 2.87. The first-order valence-electron chi connectivity index (χ1n) is 9.37. The minimum atomic E-state index is -4.25. The standard InChI is InChI=1S/C22H18F3N3O2/c23-22(24,25)13-15-2-4-16(5-3-15)17-6-7-19-18(12-17)21(29)28(10-11-30-19)14-20-26-8-1-9-27-20/h1-9,12H,10-11,13-14H2. The number of carbonyl (C=O) groups is 1. The monoisotopic (exact) mass is 413 g/mol. The molecule has 0 spiro atoms. The van der Waals surface area contributed by atoms with Crippen LogP contribution >= 0.6 is 0 Å². The van der Waals surface area contributed by atoms with Crippen LogP contribution in [0.4, 0.5) is 13.2 Å². The molecule has 0 atom stereocenters. The number of amides is 1. The molecule has 0 aliphatic carbocycles. The van der Waals surface area contributed by atoms with Crippen molar-refractivity contribution >= 4 is 5.91 Å². The van der Waals surface area contributed by atoms with Gasteiger partial charge in [-0.1, -0.05) is 30.3 Å². The molecule has 154 valence electrons. The molecule has 2 aromatic carbocycles. The van der Waals surface area contributed by atoms with E-state index in [0.29, 0.717) is 30.3 Å². The van der Waals surface area contributed by atoms with Crippen LogP contribution in [0.25, 0.3) is 11.1 Å². The molecule has 4 rings (SSSR count). The normalized spacial score (nSPS) is 14.1. The molecule has 2 heterocycles. The molecule has 0 fully saturated rings. The van der Waals surface area contributed by atoms with Crippen molar-refractivity contribution in [2.45, 2.75) is 19.1 Å². The third kappa shape index (κ3) is 4.59. The number of hydrogen-bond acceptors (Lipinski definition) is 4. The summed E-state index contributed by atoms with van der Waals surface area (Å²) in [5, 5.41) is 0. The first kappa shape index (κ1) is 19.9. The van der Waals surface area contributed by atoms with Crippen LogP contribution < -0.4 is 4.74 Å². The number of rotatable bonds is 4. The van der Waals surface area contributed by atoms with Crippen molar-refractivity contribution in [3.63, 3.8) is 0 Å². The van der Waals surface area contributed by atoms with Gasteiger partial charge in [0.15, 0.2) is 0 Å². The van der Waals surface area contributed by atoms with Crippen LogP contribution in [0.1, 0.15) is 21.7 Å². The van der Waals surface area contributed by atoms with Gasteiger partial charge in [0.1, 0.15) is 18.2 Å². The number of alkyl halides is 3. The number of carbonyl (C=O) groups excluding carboxylic acids is 1. The van der Waals surface area contributed by atoms with Crippen molar-refractivity contribution in [3.8, 4) is 16.9 Å². The highest BCUT2D eigenvalue weighted by molar-refractivity contribution is 5.98. The number of halogens is 3. The van der Waals surface area contributed by atoms with E-state index < -0.39 is 12.6 Å². The fourth-order valence-corrected chi connectivity index (χ4v) is 3.32. The Bertz CT molecular complexity index is 1040. The lowest BCUT2D eigenvalue weighted by Gasteiger charge is -2.19. The van der Waals surface area contributed by atoms with E-state index in [0.717, 1.165) is 11.1 Å². The molecule has 0 saturated carbocycles. The summed E-state index contributed by atoms with van der Waals surface area (Å²) in [4.78, 5) is 23.1. The number of aromatic nitrogens is 2. The second-order valence-electron chi connectivity index (χ2n) is 6.94. The van der Waals surface area contributed by atoms with Gasteiger partial charge in [-0.15, -0.1) is 0 Å². The smallest absolute Gasteiger partial charge is 0.393 e. The maximum Gasteiger partial charge on any atom is 0.393 e. The zero-order valence-corrected chi connectivity index (χ0v) is 15.9. The van der Waals surface area contributed by atoms with Gasteiger partial charge in [-0.25, -0.2) is 9.97 Å². The Morgan fingerprint density at radius 1 is 1.00 bits per heavy atom. The first-order valence-corrected chi connectivity index (χ1v) is 9.37. The van der Waals surface area contributed by atoms with Gasteiger partial charge in [-0.3, -0.25) is 4.79 Å². The highest BCUT2D eigenvalue weighted by Gasteiger charge is 2.28. The molecule has 0 unspecified atom stereocenters. The largest absolute Gasteiger partial charge is 0.491 e. The Labute approximate surface area is 171 Å². The minimum Gasteiger partial charge on any atom is -0.491 e. The maximum atomic E-state index is 13.1. The number of nitrogens with zero attached hydrogens (tertiary/aromatic N) is 3. The van der Waals surface area contributed by atoms with Crippen LogP contribution in [0.3, 0.4) is 0 Å². The molecule has 0 bridgehead atoms. The quantitative estimate of drug-likeness (QED) is 0.641. The van der Waals surface area contributed by atoms with Gasteiger partial charge in [-0.2, -0.15) is 13.2 Å². The summed E-state index contributed by atoms with van der Waals surface area (Å²) in [6.45, 7) is 1.00. The van der Waals surface area contributed by atoms with Gasteiger partial charge in [0.05, 0.1) is 25.1 Å². The predicted molar refractivity (Wildman–Crippen MR) is 104 cm³/mol. The molecule has 0 radical (unpaired) electrons. The van der Waals surface area contributed by atoms with Crippen LogP contribution in [0.5, 0.6) is 5.75 Å². The van der Waals surface area contributed by atoms with Crippen LogP contribution in [0.15, 0.2) is 60.9 Å². The Kier molecular flexibility index (Phi) is 5.39. The van der Waals surface area contributed by atoms with E-state index in [1.165, 1.54) is 12.1 Å². The number of fused-ring (bicyclic) bond motifs is 1. The highest BCUT2D eigenvalue weighted by atomic mass is 19.4. The molecule has 1 aliphatic heterocycles. The minimum absolute atomic E-state index is 0.189. The number of hydrogen-bond donors (Lipinski definition) is 0. The fraction of sp³-hybridized carbons (Fsp3) is 0.227. The van der Waals surface area contributed by atoms with Crippen LogP contribution in [0, 0.1) is 0 Å².